The molecule has 1 aliphatic rings. The van der Waals surface area contributed by atoms with E-state index < -0.39 is 10.0 Å². The van der Waals surface area contributed by atoms with Crippen LogP contribution in [0, 0.1) is 0 Å². The van der Waals surface area contributed by atoms with Gasteiger partial charge in [-0.15, -0.1) is 0 Å². The van der Waals surface area contributed by atoms with Gasteiger partial charge in [-0.2, -0.15) is 0 Å². The van der Waals surface area contributed by atoms with E-state index in [1.807, 2.05) is 12.1 Å². The molecule has 0 saturated heterocycles. The third-order valence-electron chi connectivity index (χ3n) is 3.34. The third kappa shape index (κ3) is 4.08. The molecule has 3 N–H and O–H groups in total. The number of rotatable bonds is 3. The number of benzene rings is 1. The van der Waals surface area contributed by atoms with Gasteiger partial charge in [0.2, 0.25) is 10.0 Å². The van der Waals surface area contributed by atoms with Crippen molar-refractivity contribution in [3.63, 3.8) is 0 Å². The van der Waals surface area contributed by atoms with Crippen LogP contribution in [0.15, 0.2) is 30.3 Å². The predicted molar refractivity (Wildman–Crippen MR) is 79.3 cm³/mol. The third-order valence-corrected chi connectivity index (χ3v) is 3.95. The Hall–Kier alpha value is -1.33. The van der Waals surface area contributed by atoms with Crippen molar-refractivity contribution in [1.29, 1.82) is 0 Å². The number of anilines is 1. The summed E-state index contributed by atoms with van der Waals surface area (Å²) in [4.78, 5) is 0. The van der Waals surface area contributed by atoms with Crippen LogP contribution in [0.2, 0.25) is 0 Å². The number of sulfonamides is 1. The first-order valence-corrected chi connectivity index (χ1v) is 8.20. The Morgan fingerprint density at radius 3 is 2.37 bits per heavy atom. The number of hydrogen-bond donors (Lipinski definition) is 2. The van der Waals surface area contributed by atoms with Crippen LogP contribution in [0.3, 0.4) is 0 Å². The molecule has 0 bridgehead atoms. The Balaban J connectivity index is 2.13. The van der Waals surface area contributed by atoms with Crippen LogP contribution < -0.4 is 10.5 Å². The minimum atomic E-state index is -3.21. The monoisotopic (exact) mass is 280 g/mol. The molecule has 0 fully saturated rings. The van der Waals surface area contributed by atoms with Gasteiger partial charge in [-0.1, -0.05) is 18.2 Å². The number of allylic oxidation sites excluding steroid dienone is 1. The molecule has 4 nitrogen and oxygen atoms in total. The summed E-state index contributed by atoms with van der Waals surface area (Å²) < 4.78 is 24.7. The van der Waals surface area contributed by atoms with Gasteiger partial charge in [0.15, 0.2) is 0 Å². The first-order valence-electron chi connectivity index (χ1n) is 6.31. The summed E-state index contributed by atoms with van der Waals surface area (Å²) in [7, 11) is -3.21. The largest absolute Gasteiger partial charge is 0.325 e. The van der Waals surface area contributed by atoms with E-state index >= 15 is 0 Å². The Morgan fingerprint density at radius 1 is 1.26 bits per heavy atom. The highest BCUT2D eigenvalue weighted by Gasteiger charge is 2.22. The van der Waals surface area contributed by atoms with Crippen LogP contribution in [-0.4, -0.2) is 20.2 Å². The van der Waals surface area contributed by atoms with Gasteiger partial charge in [-0.05, 0) is 49.5 Å². The van der Waals surface area contributed by atoms with E-state index in [0.29, 0.717) is 5.69 Å². The lowest BCUT2D eigenvalue weighted by molar-refractivity contribution is 0.432. The van der Waals surface area contributed by atoms with E-state index in [2.05, 4.69) is 17.7 Å². The van der Waals surface area contributed by atoms with Crippen LogP contribution in [0.4, 0.5) is 5.69 Å². The molecule has 104 valence electrons. The summed E-state index contributed by atoms with van der Waals surface area (Å²) in [5, 5.41) is 0. The fourth-order valence-electron chi connectivity index (χ4n) is 2.21. The van der Waals surface area contributed by atoms with Gasteiger partial charge in [0, 0.05) is 11.2 Å². The molecule has 0 radical (unpaired) electrons. The van der Waals surface area contributed by atoms with Gasteiger partial charge >= 0.3 is 0 Å². The second-order valence-electron chi connectivity index (χ2n) is 5.54. The summed E-state index contributed by atoms with van der Waals surface area (Å²) >= 11 is 0. The second-order valence-corrected chi connectivity index (χ2v) is 7.29. The summed E-state index contributed by atoms with van der Waals surface area (Å²) in [5.41, 5.74) is 9.00. The van der Waals surface area contributed by atoms with E-state index in [1.54, 1.807) is 12.1 Å². The SMILES string of the molecule is CC1(N)CC=C(c2ccc(NS(C)(=O)=O)cc2)CC1. The number of nitrogens with two attached hydrogens (primary N) is 1. The van der Waals surface area contributed by atoms with Crippen molar-refractivity contribution in [1.82, 2.24) is 0 Å². The molecule has 0 aliphatic heterocycles. The lowest BCUT2D eigenvalue weighted by Gasteiger charge is -2.28. The van der Waals surface area contributed by atoms with E-state index in [4.69, 9.17) is 5.73 Å². The van der Waals surface area contributed by atoms with Gasteiger partial charge < -0.3 is 5.73 Å². The molecule has 1 aromatic rings. The zero-order chi connectivity index (χ0) is 14.1. The van der Waals surface area contributed by atoms with Crippen molar-refractivity contribution < 1.29 is 8.42 Å². The van der Waals surface area contributed by atoms with Gasteiger partial charge in [0.1, 0.15) is 0 Å². The molecule has 0 saturated carbocycles. The zero-order valence-electron chi connectivity index (χ0n) is 11.3. The van der Waals surface area contributed by atoms with E-state index in [0.717, 1.165) is 31.1 Å². The topological polar surface area (TPSA) is 72.2 Å². The first kappa shape index (κ1) is 14.1. The van der Waals surface area contributed by atoms with Crippen LogP contribution in [0.1, 0.15) is 31.7 Å². The maximum atomic E-state index is 11.1. The summed E-state index contributed by atoms with van der Waals surface area (Å²) in [5.74, 6) is 0. The molecule has 2 rings (SSSR count). The van der Waals surface area contributed by atoms with Crippen LogP contribution in [0.25, 0.3) is 5.57 Å². The van der Waals surface area contributed by atoms with Crippen molar-refractivity contribution in [3.05, 3.63) is 35.9 Å². The Morgan fingerprint density at radius 2 is 1.89 bits per heavy atom. The summed E-state index contributed by atoms with van der Waals surface area (Å²) in [6.07, 6.45) is 6.15. The normalized spacial score (nSPS) is 23.8. The van der Waals surface area contributed by atoms with Crippen LogP contribution in [-0.2, 0) is 10.0 Å². The average Bonchev–Trinajstić information content (AvgIpc) is 2.28. The molecule has 19 heavy (non-hydrogen) atoms. The maximum absolute atomic E-state index is 11.1. The second kappa shape index (κ2) is 4.98. The molecule has 1 atom stereocenters. The van der Waals surface area contributed by atoms with Crippen molar-refractivity contribution in [2.45, 2.75) is 31.7 Å². The Kier molecular flexibility index (Phi) is 3.69. The van der Waals surface area contributed by atoms with Crippen molar-refractivity contribution in [2.24, 2.45) is 5.73 Å². The maximum Gasteiger partial charge on any atom is 0.229 e. The van der Waals surface area contributed by atoms with Gasteiger partial charge in [-0.3, -0.25) is 4.72 Å². The Labute approximate surface area is 114 Å². The smallest absolute Gasteiger partial charge is 0.229 e. The van der Waals surface area contributed by atoms with Crippen LogP contribution >= 0.6 is 0 Å². The average molecular weight is 280 g/mol. The number of hydrogen-bond acceptors (Lipinski definition) is 3. The lowest BCUT2D eigenvalue weighted by Crippen LogP contribution is -2.36. The fourth-order valence-corrected chi connectivity index (χ4v) is 2.77. The highest BCUT2D eigenvalue weighted by molar-refractivity contribution is 7.92. The van der Waals surface area contributed by atoms with Crippen molar-refractivity contribution >= 4 is 21.3 Å². The highest BCUT2D eigenvalue weighted by atomic mass is 32.2. The summed E-state index contributed by atoms with van der Waals surface area (Å²) in [6.45, 7) is 2.07. The van der Waals surface area contributed by atoms with E-state index in [-0.39, 0.29) is 5.54 Å². The van der Waals surface area contributed by atoms with Gasteiger partial charge in [0.25, 0.3) is 0 Å². The molecular formula is C14H20N2O2S. The fraction of sp³-hybridized carbons (Fsp3) is 0.429. The lowest BCUT2D eigenvalue weighted by atomic mass is 9.83. The van der Waals surface area contributed by atoms with Crippen molar-refractivity contribution in [3.8, 4) is 0 Å². The molecule has 0 heterocycles. The molecule has 0 aromatic heterocycles. The van der Waals surface area contributed by atoms with E-state index in [9.17, 15) is 8.42 Å². The zero-order valence-corrected chi connectivity index (χ0v) is 12.1. The van der Waals surface area contributed by atoms with Gasteiger partial charge in [-0.25, -0.2) is 8.42 Å². The standard InChI is InChI=1S/C14H20N2O2S/c1-14(15)9-7-12(8-10-14)11-3-5-13(6-4-11)16-19(2,17)18/h3-7,16H,8-10,15H2,1-2H3. The van der Waals surface area contributed by atoms with Gasteiger partial charge in [0.05, 0.1) is 6.26 Å². The molecule has 1 aromatic carbocycles. The summed E-state index contributed by atoms with van der Waals surface area (Å²) in [6, 6.07) is 7.46. The van der Waals surface area contributed by atoms with Crippen LogP contribution in [0.5, 0.6) is 0 Å². The molecular weight excluding hydrogens is 260 g/mol. The first-order chi connectivity index (χ1) is 8.75. The molecule has 0 amide bonds. The van der Waals surface area contributed by atoms with E-state index in [1.165, 1.54) is 5.57 Å². The molecule has 1 aliphatic carbocycles. The Bertz CT molecular complexity index is 586. The molecule has 0 spiro atoms. The number of nitrogens with one attached hydrogen (secondary N) is 1. The highest BCUT2D eigenvalue weighted by Crippen LogP contribution is 2.31. The minimum absolute atomic E-state index is 0.0959. The predicted octanol–water partition coefficient (Wildman–Crippen LogP) is 2.34. The van der Waals surface area contributed by atoms with Crippen molar-refractivity contribution in [2.75, 3.05) is 11.0 Å². The quantitative estimate of drug-likeness (QED) is 0.892. The molecule has 5 heteroatoms. The minimum Gasteiger partial charge on any atom is -0.325 e. The molecule has 1 unspecified atom stereocenters.